The zero-order valence-corrected chi connectivity index (χ0v) is 19.8. The highest BCUT2D eigenvalue weighted by atomic mass is 16.3. The molecular weight excluding hydrogens is 424 g/mol. The van der Waals surface area contributed by atoms with E-state index in [0.29, 0.717) is 23.5 Å². The number of nitrogens with zero attached hydrogens (tertiary/aromatic N) is 3. The summed E-state index contributed by atoms with van der Waals surface area (Å²) in [7, 11) is 0. The van der Waals surface area contributed by atoms with Gasteiger partial charge in [-0.1, -0.05) is 26.0 Å². The maximum atomic E-state index is 12.8. The van der Waals surface area contributed by atoms with Crippen LogP contribution in [0.5, 0.6) is 0 Å². The monoisotopic (exact) mass is 452 g/mol. The smallest absolute Gasteiger partial charge is 0.252 e. The van der Waals surface area contributed by atoms with Crippen LogP contribution in [0, 0.1) is 6.92 Å². The molecule has 0 aliphatic carbocycles. The molecule has 0 aliphatic rings. The van der Waals surface area contributed by atoms with E-state index in [0.717, 1.165) is 58.4 Å². The zero-order valence-electron chi connectivity index (χ0n) is 19.8. The molecule has 0 unspecified atom stereocenters. The third-order valence-corrected chi connectivity index (χ3v) is 6.38. The Kier molecular flexibility index (Phi) is 5.99. The molecule has 5 aromatic rings. The molecule has 0 bridgehead atoms. The first-order valence-corrected chi connectivity index (χ1v) is 11.8. The van der Waals surface area contributed by atoms with Gasteiger partial charge >= 0.3 is 0 Å². The van der Waals surface area contributed by atoms with Gasteiger partial charge in [-0.05, 0) is 74.5 Å². The van der Waals surface area contributed by atoms with Crippen molar-refractivity contribution in [2.24, 2.45) is 0 Å². The second kappa shape index (κ2) is 9.23. The molecule has 4 heterocycles. The van der Waals surface area contributed by atoms with E-state index in [1.54, 1.807) is 6.20 Å². The summed E-state index contributed by atoms with van der Waals surface area (Å²) in [6, 6.07) is 18.1. The molecule has 4 aromatic heterocycles. The van der Waals surface area contributed by atoms with Crippen molar-refractivity contribution >= 4 is 21.9 Å². The molecule has 6 heteroatoms. The van der Waals surface area contributed by atoms with Crippen LogP contribution in [0.3, 0.4) is 0 Å². The number of aromatic nitrogens is 3. The van der Waals surface area contributed by atoms with E-state index in [1.165, 1.54) is 0 Å². The maximum Gasteiger partial charge on any atom is 0.252 e. The van der Waals surface area contributed by atoms with E-state index in [9.17, 15) is 4.79 Å². The number of pyridine rings is 3. The van der Waals surface area contributed by atoms with Crippen molar-refractivity contribution in [2.75, 3.05) is 19.6 Å². The summed E-state index contributed by atoms with van der Waals surface area (Å²) in [6.45, 7) is 8.98. The van der Waals surface area contributed by atoms with Crippen molar-refractivity contribution in [1.29, 1.82) is 0 Å². The molecule has 34 heavy (non-hydrogen) atoms. The number of nitrogens with one attached hydrogen (secondary N) is 1. The number of rotatable bonds is 7. The third kappa shape index (κ3) is 4.24. The van der Waals surface area contributed by atoms with Crippen LogP contribution < -0.4 is 5.56 Å². The topological polar surface area (TPSA) is 75.0 Å². The predicted molar refractivity (Wildman–Crippen MR) is 137 cm³/mol. The van der Waals surface area contributed by atoms with Crippen molar-refractivity contribution in [1.82, 2.24) is 19.9 Å². The van der Waals surface area contributed by atoms with Crippen molar-refractivity contribution in [3.8, 4) is 22.6 Å². The van der Waals surface area contributed by atoms with Crippen LogP contribution in [-0.2, 0) is 6.42 Å². The molecule has 0 saturated heterocycles. The predicted octanol–water partition coefficient (Wildman–Crippen LogP) is 5.59. The summed E-state index contributed by atoms with van der Waals surface area (Å²) >= 11 is 0. The van der Waals surface area contributed by atoms with Gasteiger partial charge in [0.1, 0.15) is 17.1 Å². The Morgan fingerprint density at radius 3 is 2.62 bits per heavy atom. The molecule has 0 spiro atoms. The maximum absolute atomic E-state index is 12.8. The minimum Gasteiger partial charge on any atom is -0.460 e. The van der Waals surface area contributed by atoms with Crippen molar-refractivity contribution < 1.29 is 4.42 Å². The van der Waals surface area contributed by atoms with Crippen LogP contribution in [0.4, 0.5) is 0 Å². The van der Waals surface area contributed by atoms with Gasteiger partial charge in [-0.25, -0.2) is 4.98 Å². The summed E-state index contributed by atoms with van der Waals surface area (Å²) in [5.74, 6) is 1.48. The second-order valence-corrected chi connectivity index (χ2v) is 8.54. The minimum absolute atomic E-state index is 0.0849. The first-order valence-electron chi connectivity index (χ1n) is 11.8. The molecule has 0 amide bonds. The molecule has 6 nitrogen and oxygen atoms in total. The number of aryl methyl sites for hydroxylation is 1. The molecular formula is C28H28N4O2. The standard InChI is InChI=1S/C28H28N4O2/c1-4-32(5-2)14-12-21-16-22-17-23(19-9-10-24-20(15-19)7-6-13-29-24)26(25-11-8-18(3)34-25)30-27(22)31-28(21)33/h6-11,13,15-17H,4-5,12,14H2,1-3H3,(H,30,31,33). The summed E-state index contributed by atoms with van der Waals surface area (Å²) < 4.78 is 5.94. The van der Waals surface area contributed by atoms with Crippen LogP contribution in [0.25, 0.3) is 44.5 Å². The van der Waals surface area contributed by atoms with E-state index >= 15 is 0 Å². The highest BCUT2D eigenvalue weighted by molar-refractivity contribution is 5.92. The van der Waals surface area contributed by atoms with Crippen LogP contribution in [-0.4, -0.2) is 39.5 Å². The lowest BCUT2D eigenvalue weighted by molar-refractivity contribution is 0.307. The fraction of sp³-hybridized carbons (Fsp3) is 0.250. The summed E-state index contributed by atoms with van der Waals surface area (Å²) in [4.78, 5) is 27.5. The van der Waals surface area contributed by atoms with E-state index in [-0.39, 0.29) is 5.56 Å². The number of hydrogen-bond acceptors (Lipinski definition) is 5. The molecule has 172 valence electrons. The quantitative estimate of drug-likeness (QED) is 0.348. The molecule has 1 N–H and O–H groups in total. The summed E-state index contributed by atoms with van der Waals surface area (Å²) in [5.41, 5.74) is 4.87. The fourth-order valence-electron chi connectivity index (χ4n) is 4.40. The number of likely N-dealkylation sites (N-methyl/N-ethyl adjacent to an activating group) is 1. The van der Waals surface area contributed by atoms with E-state index in [4.69, 9.17) is 9.40 Å². The van der Waals surface area contributed by atoms with Gasteiger partial charge in [0, 0.05) is 34.6 Å². The van der Waals surface area contributed by atoms with Gasteiger partial charge in [-0.15, -0.1) is 0 Å². The van der Waals surface area contributed by atoms with Crippen LogP contribution in [0.2, 0.25) is 0 Å². The Morgan fingerprint density at radius 2 is 1.85 bits per heavy atom. The van der Waals surface area contributed by atoms with Crippen molar-refractivity contribution in [2.45, 2.75) is 27.2 Å². The molecule has 5 rings (SSSR count). The SMILES string of the molecule is CCN(CC)CCc1cc2cc(-c3ccc4ncccc4c3)c(-c3ccc(C)o3)nc2[nH]c1=O. The summed E-state index contributed by atoms with van der Waals surface area (Å²) in [5, 5.41) is 1.96. The van der Waals surface area contributed by atoms with Gasteiger partial charge in [0.15, 0.2) is 5.76 Å². The van der Waals surface area contributed by atoms with E-state index in [1.807, 2.05) is 37.3 Å². The van der Waals surface area contributed by atoms with Gasteiger partial charge in [0.05, 0.1) is 5.52 Å². The average molecular weight is 453 g/mol. The Morgan fingerprint density at radius 1 is 1.00 bits per heavy atom. The normalized spacial score (nSPS) is 11.6. The van der Waals surface area contributed by atoms with Gasteiger partial charge in [-0.3, -0.25) is 9.78 Å². The average Bonchev–Trinajstić information content (AvgIpc) is 3.30. The van der Waals surface area contributed by atoms with Crippen LogP contribution in [0.15, 0.2) is 70.0 Å². The van der Waals surface area contributed by atoms with E-state index < -0.39 is 0 Å². The molecule has 0 fully saturated rings. The molecule has 1 aromatic carbocycles. The van der Waals surface area contributed by atoms with Gasteiger partial charge in [0.2, 0.25) is 0 Å². The first kappa shape index (κ1) is 22.0. The number of fused-ring (bicyclic) bond motifs is 2. The Bertz CT molecular complexity index is 1530. The van der Waals surface area contributed by atoms with Gasteiger partial charge in [-0.2, -0.15) is 0 Å². The molecule has 0 atom stereocenters. The Hall–Kier alpha value is -3.77. The largest absolute Gasteiger partial charge is 0.460 e. The van der Waals surface area contributed by atoms with Crippen LogP contribution in [0.1, 0.15) is 25.2 Å². The molecule has 0 aliphatic heterocycles. The number of benzene rings is 1. The number of hydrogen-bond donors (Lipinski definition) is 1. The van der Waals surface area contributed by atoms with Gasteiger partial charge < -0.3 is 14.3 Å². The highest BCUT2D eigenvalue weighted by Crippen LogP contribution is 2.35. The van der Waals surface area contributed by atoms with Crippen molar-refractivity contribution in [3.05, 3.63) is 82.5 Å². The number of furan rings is 1. The van der Waals surface area contributed by atoms with Crippen LogP contribution >= 0.6 is 0 Å². The second-order valence-electron chi connectivity index (χ2n) is 8.54. The molecule has 0 saturated carbocycles. The van der Waals surface area contributed by atoms with Gasteiger partial charge in [0.25, 0.3) is 5.56 Å². The highest BCUT2D eigenvalue weighted by Gasteiger charge is 2.16. The Labute approximate surface area is 198 Å². The number of H-pyrrole nitrogens is 1. The van der Waals surface area contributed by atoms with Crippen molar-refractivity contribution in [3.63, 3.8) is 0 Å². The first-order chi connectivity index (χ1) is 16.6. The lowest BCUT2D eigenvalue weighted by Gasteiger charge is -2.17. The van der Waals surface area contributed by atoms with E-state index in [2.05, 4.69) is 53.0 Å². The summed E-state index contributed by atoms with van der Waals surface area (Å²) in [6.07, 6.45) is 2.50. The zero-order chi connectivity index (χ0) is 23.7. The lowest BCUT2D eigenvalue weighted by Crippen LogP contribution is -2.27. The number of aromatic amines is 1. The molecule has 0 radical (unpaired) electrons. The fourth-order valence-corrected chi connectivity index (χ4v) is 4.40. The lowest BCUT2D eigenvalue weighted by atomic mass is 9.99. The minimum atomic E-state index is -0.0849. The third-order valence-electron chi connectivity index (χ3n) is 6.38. The Balaban J connectivity index is 1.67.